The molecule has 2 amide bonds. The smallest absolute Gasteiger partial charge is 0.254 e. The van der Waals surface area contributed by atoms with Crippen LogP contribution in [0.3, 0.4) is 0 Å². The van der Waals surface area contributed by atoms with E-state index in [0.29, 0.717) is 19.5 Å². The van der Waals surface area contributed by atoms with Crippen molar-refractivity contribution in [1.82, 2.24) is 15.2 Å². The van der Waals surface area contributed by atoms with Gasteiger partial charge in [-0.25, -0.2) is 0 Å². The van der Waals surface area contributed by atoms with Gasteiger partial charge in [-0.2, -0.15) is 0 Å². The summed E-state index contributed by atoms with van der Waals surface area (Å²) in [5, 5.41) is 11.9. The van der Waals surface area contributed by atoms with Crippen LogP contribution in [0.2, 0.25) is 0 Å². The molecule has 7 nitrogen and oxygen atoms in total. The molecule has 1 aliphatic heterocycles. The Morgan fingerprint density at radius 1 is 1.33 bits per heavy atom. The molecule has 1 fully saturated rings. The number of pyridine rings is 1. The van der Waals surface area contributed by atoms with Crippen LogP contribution in [0.5, 0.6) is 5.88 Å². The number of H-pyrrole nitrogens is 1. The predicted molar refractivity (Wildman–Crippen MR) is 62.3 cm³/mol. The van der Waals surface area contributed by atoms with Crippen LogP contribution < -0.4 is 10.9 Å². The van der Waals surface area contributed by atoms with Crippen LogP contribution >= 0.6 is 0 Å². The number of aromatic nitrogens is 1. The molecule has 0 aliphatic carbocycles. The first-order chi connectivity index (χ1) is 8.56. The molecule has 0 spiro atoms. The average molecular weight is 251 g/mol. The van der Waals surface area contributed by atoms with Gasteiger partial charge in [-0.15, -0.1) is 0 Å². The van der Waals surface area contributed by atoms with Gasteiger partial charge in [0.2, 0.25) is 5.91 Å². The molecule has 3 N–H and O–H groups in total. The molecule has 1 aliphatic rings. The SMILES string of the molecule is O=C1CN(C(=O)c2cc(O)[nH]c(=O)c2)CCCN1. The van der Waals surface area contributed by atoms with E-state index in [1.54, 1.807) is 0 Å². The lowest BCUT2D eigenvalue weighted by Crippen LogP contribution is -2.37. The summed E-state index contributed by atoms with van der Waals surface area (Å²) in [4.78, 5) is 38.1. The van der Waals surface area contributed by atoms with Crippen LogP contribution in [0.4, 0.5) is 0 Å². The second-order valence-electron chi connectivity index (χ2n) is 4.05. The minimum absolute atomic E-state index is 0.0353. The quantitative estimate of drug-likeness (QED) is 0.598. The Morgan fingerprint density at radius 2 is 2.11 bits per heavy atom. The summed E-state index contributed by atoms with van der Waals surface area (Å²) in [5.41, 5.74) is -0.483. The molecule has 1 saturated heterocycles. The Labute approximate surface area is 102 Å². The van der Waals surface area contributed by atoms with Crippen molar-refractivity contribution in [3.05, 3.63) is 28.0 Å². The van der Waals surface area contributed by atoms with E-state index in [1.807, 2.05) is 0 Å². The van der Waals surface area contributed by atoms with Gasteiger partial charge in [-0.3, -0.25) is 19.4 Å². The molecule has 0 aromatic carbocycles. The first kappa shape index (κ1) is 12.2. The standard InChI is InChI=1S/C11H13N3O4/c15-8-4-7(5-9(16)13-8)11(18)14-3-1-2-12-10(17)6-14/h4-5H,1-3,6H2,(H,12,17)(H2,13,15,16). The summed E-state index contributed by atoms with van der Waals surface area (Å²) in [6, 6.07) is 2.28. The van der Waals surface area contributed by atoms with Crippen molar-refractivity contribution in [2.24, 2.45) is 0 Å². The molecule has 2 heterocycles. The first-order valence-corrected chi connectivity index (χ1v) is 5.55. The van der Waals surface area contributed by atoms with Gasteiger partial charge in [-0.1, -0.05) is 0 Å². The number of carbonyl (C=O) groups excluding carboxylic acids is 2. The van der Waals surface area contributed by atoms with E-state index in [9.17, 15) is 19.5 Å². The number of hydrogen-bond acceptors (Lipinski definition) is 4. The minimum Gasteiger partial charge on any atom is -0.494 e. The second kappa shape index (κ2) is 4.91. The van der Waals surface area contributed by atoms with E-state index in [1.165, 1.54) is 11.0 Å². The number of amides is 2. The summed E-state index contributed by atoms with van der Waals surface area (Å²) in [5.74, 6) is -1.03. The molecule has 7 heteroatoms. The van der Waals surface area contributed by atoms with E-state index in [4.69, 9.17) is 0 Å². The summed E-state index contributed by atoms with van der Waals surface area (Å²) in [6.45, 7) is 0.931. The normalized spacial score (nSPS) is 16.0. The lowest BCUT2D eigenvalue weighted by Gasteiger charge is -2.18. The summed E-state index contributed by atoms with van der Waals surface area (Å²) in [7, 11) is 0. The molecule has 96 valence electrons. The van der Waals surface area contributed by atoms with Gasteiger partial charge in [0.05, 0.1) is 12.1 Å². The van der Waals surface area contributed by atoms with Gasteiger partial charge in [0.15, 0.2) is 5.88 Å². The number of nitrogens with zero attached hydrogens (tertiary/aromatic N) is 1. The van der Waals surface area contributed by atoms with E-state index >= 15 is 0 Å². The minimum atomic E-state index is -0.558. The Hall–Kier alpha value is -2.31. The molecule has 0 radical (unpaired) electrons. The molecule has 1 aromatic heterocycles. The third-order valence-electron chi connectivity index (χ3n) is 2.63. The van der Waals surface area contributed by atoms with Gasteiger partial charge < -0.3 is 15.3 Å². The van der Waals surface area contributed by atoms with Gasteiger partial charge in [0.25, 0.3) is 11.5 Å². The number of aromatic amines is 1. The number of aromatic hydroxyl groups is 1. The van der Waals surface area contributed by atoms with Crippen LogP contribution in [0.1, 0.15) is 16.8 Å². The highest BCUT2D eigenvalue weighted by Gasteiger charge is 2.21. The third-order valence-corrected chi connectivity index (χ3v) is 2.63. The van der Waals surface area contributed by atoms with Crippen LogP contribution in [0, 0.1) is 0 Å². The van der Waals surface area contributed by atoms with E-state index in [-0.39, 0.29) is 23.9 Å². The zero-order valence-electron chi connectivity index (χ0n) is 9.60. The predicted octanol–water partition coefficient (Wildman–Crippen LogP) is -0.957. The Balaban J connectivity index is 2.24. The molecule has 2 rings (SSSR count). The van der Waals surface area contributed by atoms with E-state index in [0.717, 1.165) is 6.07 Å². The van der Waals surface area contributed by atoms with Crippen molar-refractivity contribution < 1.29 is 14.7 Å². The van der Waals surface area contributed by atoms with Gasteiger partial charge in [0, 0.05) is 25.2 Å². The largest absolute Gasteiger partial charge is 0.494 e. The molecular weight excluding hydrogens is 238 g/mol. The van der Waals surface area contributed by atoms with Crippen molar-refractivity contribution in [3.63, 3.8) is 0 Å². The average Bonchev–Trinajstić information content (AvgIpc) is 2.51. The van der Waals surface area contributed by atoms with E-state index < -0.39 is 11.5 Å². The molecular formula is C11H13N3O4. The molecule has 0 saturated carbocycles. The Morgan fingerprint density at radius 3 is 2.83 bits per heavy atom. The molecule has 0 unspecified atom stereocenters. The molecule has 0 bridgehead atoms. The molecule has 0 atom stereocenters. The van der Waals surface area contributed by atoms with Crippen LogP contribution in [0.15, 0.2) is 16.9 Å². The monoisotopic (exact) mass is 251 g/mol. The fourth-order valence-electron chi connectivity index (χ4n) is 1.81. The van der Waals surface area contributed by atoms with Crippen molar-refractivity contribution >= 4 is 11.8 Å². The topological polar surface area (TPSA) is 102 Å². The lowest BCUT2D eigenvalue weighted by atomic mass is 10.2. The molecule has 18 heavy (non-hydrogen) atoms. The van der Waals surface area contributed by atoms with Crippen LogP contribution in [-0.2, 0) is 4.79 Å². The number of rotatable bonds is 1. The highest BCUT2D eigenvalue weighted by atomic mass is 16.3. The maximum Gasteiger partial charge on any atom is 0.254 e. The maximum absolute atomic E-state index is 12.1. The highest BCUT2D eigenvalue weighted by Crippen LogP contribution is 2.09. The fraction of sp³-hybridized carbons (Fsp3) is 0.364. The van der Waals surface area contributed by atoms with Crippen molar-refractivity contribution in [2.75, 3.05) is 19.6 Å². The van der Waals surface area contributed by atoms with Gasteiger partial charge in [0.1, 0.15) is 0 Å². The third kappa shape index (κ3) is 2.68. The lowest BCUT2D eigenvalue weighted by molar-refractivity contribution is -0.121. The Bertz CT molecular complexity index is 537. The summed E-state index contributed by atoms with van der Waals surface area (Å²) in [6.07, 6.45) is 0.659. The number of nitrogens with one attached hydrogen (secondary N) is 2. The zero-order valence-corrected chi connectivity index (χ0v) is 9.60. The maximum atomic E-state index is 12.1. The van der Waals surface area contributed by atoms with Crippen molar-refractivity contribution in [3.8, 4) is 5.88 Å². The number of carbonyl (C=O) groups is 2. The van der Waals surface area contributed by atoms with Gasteiger partial charge >= 0.3 is 0 Å². The first-order valence-electron chi connectivity index (χ1n) is 5.55. The molecule has 1 aromatic rings. The zero-order chi connectivity index (χ0) is 13.1. The second-order valence-corrected chi connectivity index (χ2v) is 4.05. The van der Waals surface area contributed by atoms with Gasteiger partial charge in [-0.05, 0) is 6.42 Å². The summed E-state index contributed by atoms with van der Waals surface area (Å²) < 4.78 is 0. The van der Waals surface area contributed by atoms with Crippen LogP contribution in [0.25, 0.3) is 0 Å². The summed E-state index contributed by atoms with van der Waals surface area (Å²) >= 11 is 0. The Kier molecular flexibility index (Phi) is 3.31. The fourth-order valence-corrected chi connectivity index (χ4v) is 1.81. The van der Waals surface area contributed by atoms with Crippen molar-refractivity contribution in [2.45, 2.75) is 6.42 Å². The van der Waals surface area contributed by atoms with Crippen molar-refractivity contribution in [1.29, 1.82) is 0 Å². The van der Waals surface area contributed by atoms with Crippen LogP contribution in [-0.4, -0.2) is 46.4 Å². The van der Waals surface area contributed by atoms with E-state index in [2.05, 4.69) is 10.3 Å². The number of hydrogen-bond donors (Lipinski definition) is 3. The highest BCUT2D eigenvalue weighted by molar-refractivity contribution is 5.96.